The fourth-order valence-electron chi connectivity index (χ4n) is 2.72. The normalized spacial score (nSPS) is 28.4. The van der Waals surface area contributed by atoms with Crippen LogP contribution in [0.3, 0.4) is 0 Å². The van der Waals surface area contributed by atoms with Gasteiger partial charge < -0.3 is 9.47 Å². The SMILES string of the molecule is CC(C)OC1OC(OO)C2(CC2)c2ccccc21. The van der Waals surface area contributed by atoms with Gasteiger partial charge in [0.05, 0.1) is 6.10 Å². The zero-order valence-electron chi connectivity index (χ0n) is 10.6. The molecule has 98 valence electrons. The van der Waals surface area contributed by atoms with Crippen LogP contribution in [0.25, 0.3) is 0 Å². The minimum absolute atomic E-state index is 0.0515. The van der Waals surface area contributed by atoms with Gasteiger partial charge in [-0.25, -0.2) is 10.1 Å². The molecule has 2 atom stereocenters. The van der Waals surface area contributed by atoms with Crippen molar-refractivity contribution in [3.05, 3.63) is 35.4 Å². The highest BCUT2D eigenvalue weighted by Gasteiger charge is 2.58. The fourth-order valence-corrected chi connectivity index (χ4v) is 2.72. The maximum atomic E-state index is 9.06. The summed E-state index contributed by atoms with van der Waals surface area (Å²) in [5.41, 5.74) is 2.06. The van der Waals surface area contributed by atoms with Crippen molar-refractivity contribution >= 4 is 0 Å². The summed E-state index contributed by atoms with van der Waals surface area (Å²) in [6, 6.07) is 8.09. The lowest BCUT2D eigenvalue weighted by Crippen LogP contribution is -2.39. The molecule has 1 spiro atoms. The number of hydrogen-bond donors (Lipinski definition) is 1. The Morgan fingerprint density at radius 2 is 2.06 bits per heavy atom. The molecule has 18 heavy (non-hydrogen) atoms. The first-order valence-electron chi connectivity index (χ1n) is 6.38. The van der Waals surface area contributed by atoms with E-state index in [-0.39, 0.29) is 11.5 Å². The van der Waals surface area contributed by atoms with Crippen LogP contribution in [0.15, 0.2) is 24.3 Å². The van der Waals surface area contributed by atoms with Crippen LogP contribution in [0.4, 0.5) is 0 Å². The van der Waals surface area contributed by atoms with E-state index in [1.807, 2.05) is 32.0 Å². The van der Waals surface area contributed by atoms with Crippen LogP contribution in [-0.2, 0) is 19.8 Å². The molecule has 4 nitrogen and oxygen atoms in total. The van der Waals surface area contributed by atoms with Crippen LogP contribution in [0, 0.1) is 0 Å². The first-order valence-corrected chi connectivity index (χ1v) is 6.38. The molecule has 4 heteroatoms. The molecule has 1 N–H and O–H groups in total. The molecule has 1 aromatic rings. The lowest BCUT2D eigenvalue weighted by molar-refractivity contribution is -0.392. The smallest absolute Gasteiger partial charge is 0.203 e. The van der Waals surface area contributed by atoms with Crippen molar-refractivity contribution in [1.82, 2.24) is 0 Å². The largest absolute Gasteiger partial charge is 0.346 e. The van der Waals surface area contributed by atoms with Gasteiger partial charge in [-0.05, 0) is 32.3 Å². The molecular weight excluding hydrogens is 232 g/mol. The van der Waals surface area contributed by atoms with Crippen LogP contribution >= 0.6 is 0 Å². The Morgan fingerprint density at radius 1 is 1.33 bits per heavy atom. The second-order valence-electron chi connectivity index (χ2n) is 5.33. The molecule has 0 aromatic heterocycles. The summed E-state index contributed by atoms with van der Waals surface area (Å²) < 4.78 is 11.5. The molecule has 2 unspecified atom stereocenters. The van der Waals surface area contributed by atoms with E-state index in [0.29, 0.717) is 0 Å². The van der Waals surface area contributed by atoms with Gasteiger partial charge in [0.1, 0.15) is 0 Å². The Labute approximate surface area is 106 Å². The van der Waals surface area contributed by atoms with Crippen molar-refractivity contribution in [3.8, 4) is 0 Å². The third-order valence-corrected chi connectivity index (χ3v) is 3.73. The summed E-state index contributed by atoms with van der Waals surface area (Å²) in [6.07, 6.45) is 0.907. The zero-order valence-corrected chi connectivity index (χ0v) is 10.6. The molecule has 1 saturated carbocycles. The maximum absolute atomic E-state index is 9.06. The topological polar surface area (TPSA) is 47.9 Å². The Morgan fingerprint density at radius 3 is 2.67 bits per heavy atom. The van der Waals surface area contributed by atoms with Gasteiger partial charge in [-0.15, -0.1) is 0 Å². The predicted octanol–water partition coefficient (Wildman–Crippen LogP) is 2.99. The molecule has 1 fully saturated rings. The second kappa shape index (κ2) is 4.31. The van der Waals surface area contributed by atoms with E-state index >= 15 is 0 Å². The Balaban J connectivity index is 2.00. The predicted molar refractivity (Wildman–Crippen MR) is 64.9 cm³/mol. The molecule has 3 rings (SSSR count). The summed E-state index contributed by atoms with van der Waals surface area (Å²) in [6.45, 7) is 3.92. The number of hydrogen-bond acceptors (Lipinski definition) is 4. The lowest BCUT2D eigenvalue weighted by atomic mass is 9.88. The molecule has 1 heterocycles. The van der Waals surface area contributed by atoms with Crippen molar-refractivity contribution in [2.45, 2.75) is 50.8 Å². The van der Waals surface area contributed by atoms with Crippen LogP contribution in [0.5, 0.6) is 0 Å². The van der Waals surface area contributed by atoms with E-state index in [4.69, 9.17) is 14.7 Å². The molecule has 1 aromatic carbocycles. The van der Waals surface area contributed by atoms with Gasteiger partial charge in [0.25, 0.3) is 0 Å². The molecule has 0 radical (unpaired) electrons. The van der Waals surface area contributed by atoms with Crippen molar-refractivity contribution in [3.63, 3.8) is 0 Å². The van der Waals surface area contributed by atoms with Gasteiger partial charge in [0, 0.05) is 11.0 Å². The highest BCUT2D eigenvalue weighted by Crippen LogP contribution is 2.57. The van der Waals surface area contributed by atoms with Gasteiger partial charge in [0.15, 0.2) is 6.29 Å². The molecule has 1 aliphatic heterocycles. The van der Waals surface area contributed by atoms with Crippen molar-refractivity contribution < 1.29 is 19.6 Å². The van der Waals surface area contributed by atoms with Crippen LogP contribution in [0.1, 0.15) is 44.1 Å². The number of fused-ring (bicyclic) bond motifs is 2. The fraction of sp³-hybridized carbons (Fsp3) is 0.571. The van der Waals surface area contributed by atoms with Crippen LogP contribution in [-0.4, -0.2) is 17.7 Å². The standard InChI is InChI=1S/C14H18O4/c1-9(2)16-12-10-5-3-4-6-11(10)14(7-8-14)13(17-12)18-15/h3-6,9,12-13,15H,7-8H2,1-2H3. The lowest BCUT2D eigenvalue weighted by Gasteiger charge is -2.37. The summed E-state index contributed by atoms with van der Waals surface area (Å²) in [5, 5.41) is 9.06. The number of ether oxygens (including phenoxy) is 2. The molecule has 2 aliphatic rings. The van der Waals surface area contributed by atoms with E-state index in [1.54, 1.807) is 0 Å². The number of rotatable bonds is 3. The monoisotopic (exact) mass is 250 g/mol. The van der Waals surface area contributed by atoms with Gasteiger partial charge in [-0.3, -0.25) is 0 Å². The molecule has 1 aliphatic carbocycles. The summed E-state index contributed by atoms with van der Waals surface area (Å²) in [4.78, 5) is 4.54. The third-order valence-electron chi connectivity index (χ3n) is 3.73. The van der Waals surface area contributed by atoms with Gasteiger partial charge in [0.2, 0.25) is 6.29 Å². The van der Waals surface area contributed by atoms with Crippen LogP contribution in [0.2, 0.25) is 0 Å². The Bertz CT molecular complexity index is 439. The summed E-state index contributed by atoms with van der Waals surface area (Å²) in [7, 11) is 0. The zero-order chi connectivity index (χ0) is 12.8. The highest BCUT2D eigenvalue weighted by atomic mass is 17.1. The van der Waals surface area contributed by atoms with E-state index in [0.717, 1.165) is 18.4 Å². The summed E-state index contributed by atoms with van der Waals surface area (Å²) in [5.74, 6) is 0. The molecule has 0 amide bonds. The average Bonchev–Trinajstić information content (AvgIpc) is 3.14. The maximum Gasteiger partial charge on any atom is 0.203 e. The van der Waals surface area contributed by atoms with E-state index in [2.05, 4.69) is 11.0 Å². The molecular formula is C14H18O4. The quantitative estimate of drug-likeness (QED) is 0.661. The van der Waals surface area contributed by atoms with E-state index in [1.165, 1.54) is 5.56 Å². The van der Waals surface area contributed by atoms with Crippen molar-refractivity contribution in [1.29, 1.82) is 0 Å². The minimum Gasteiger partial charge on any atom is -0.346 e. The molecule has 0 bridgehead atoms. The minimum atomic E-state index is -0.629. The summed E-state index contributed by atoms with van der Waals surface area (Å²) >= 11 is 0. The first-order chi connectivity index (χ1) is 8.67. The first kappa shape index (κ1) is 12.1. The second-order valence-corrected chi connectivity index (χ2v) is 5.33. The molecule has 0 saturated heterocycles. The van der Waals surface area contributed by atoms with E-state index < -0.39 is 12.6 Å². The Hall–Kier alpha value is -0.940. The Kier molecular flexibility index (Phi) is 2.90. The van der Waals surface area contributed by atoms with Gasteiger partial charge in [-0.1, -0.05) is 24.3 Å². The number of benzene rings is 1. The van der Waals surface area contributed by atoms with Gasteiger partial charge in [-0.2, -0.15) is 0 Å². The van der Waals surface area contributed by atoms with E-state index in [9.17, 15) is 0 Å². The van der Waals surface area contributed by atoms with Crippen LogP contribution < -0.4 is 0 Å². The van der Waals surface area contributed by atoms with Crippen molar-refractivity contribution in [2.75, 3.05) is 0 Å². The van der Waals surface area contributed by atoms with Gasteiger partial charge >= 0.3 is 0 Å². The highest BCUT2D eigenvalue weighted by molar-refractivity contribution is 5.42. The van der Waals surface area contributed by atoms with Crippen molar-refractivity contribution in [2.24, 2.45) is 0 Å². The average molecular weight is 250 g/mol. The third kappa shape index (κ3) is 1.77.